The van der Waals surface area contributed by atoms with Gasteiger partial charge >= 0.3 is 0 Å². The highest BCUT2D eigenvalue weighted by Crippen LogP contribution is 2.10. The van der Waals surface area contributed by atoms with Crippen LogP contribution in [0.4, 0.5) is 0 Å². The lowest BCUT2D eigenvalue weighted by molar-refractivity contribution is 0.908. The summed E-state index contributed by atoms with van der Waals surface area (Å²) in [4.78, 5) is 12.7. The fourth-order valence-corrected chi connectivity index (χ4v) is 1.65. The van der Waals surface area contributed by atoms with E-state index in [-0.39, 0.29) is 0 Å². The van der Waals surface area contributed by atoms with Gasteiger partial charge in [0.1, 0.15) is 11.6 Å². The Bertz CT molecular complexity index is 539. The lowest BCUT2D eigenvalue weighted by Gasteiger charge is -1.99. The third-order valence-corrected chi connectivity index (χ3v) is 2.48. The van der Waals surface area contributed by atoms with Crippen molar-refractivity contribution in [3.63, 3.8) is 0 Å². The molecule has 0 spiro atoms. The van der Waals surface area contributed by atoms with Crippen LogP contribution in [-0.4, -0.2) is 15.0 Å². The third kappa shape index (κ3) is 2.97. The van der Waals surface area contributed by atoms with Crippen LogP contribution in [0.5, 0.6) is 0 Å². The number of benzene rings is 1. The molecule has 1 aromatic heterocycles. The van der Waals surface area contributed by atoms with Crippen molar-refractivity contribution in [1.29, 1.82) is 0 Å². The van der Waals surface area contributed by atoms with Crippen molar-refractivity contribution in [2.75, 3.05) is 0 Å². The Morgan fingerprint density at radius 2 is 1.47 bits per heavy atom. The summed E-state index contributed by atoms with van der Waals surface area (Å²) in [5.74, 6) is 2.21. The van der Waals surface area contributed by atoms with Gasteiger partial charge in [0.2, 0.25) is 0 Å². The predicted molar refractivity (Wildman–Crippen MR) is 69.4 cm³/mol. The van der Waals surface area contributed by atoms with Gasteiger partial charge in [-0.2, -0.15) is 0 Å². The average Bonchev–Trinajstić information content (AvgIpc) is 2.27. The van der Waals surface area contributed by atoms with Crippen LogP contribution in [0.25, 0.3) is 12.2 Å². The zero-order chi connectivity index (χ0) is 12.3. The van der Waals surface area contributed by atoms with Crippen molar-refractivity contribution in [3.05, 3.63) is 52.9 Å². The van der Waals surface area contributed by atoms with Gasteiger partial charge in [0, 0.05) is 0 Å². The summed E-state index contributed by atoms with van der Waals surface area (Å²) >= 11 is 0. The molecule has 3 nitrogen and oxygen atoms in total. The molecule has 0 atom stereocenters. The second kappa shape index (κ2) is 4.87. The maximum Gasteiger partial charge on any atom is 0.156 e. The first-order chi connectivity index (χ1) is 8.15. The smallest absolute Gasteiger partial charge is 0.156 e. The Balaban J connectivity index is 2.29. The van der Waals surface area contributed by atoms with E-state index in [1.165, 1.54) is 11.1 Å². The van der Waals surface area contributed by atoms with Crippen LogP contribution >= 0.6 is 0 Å². The van der Waals surface area contributed by atoms with E-state index in [1.807, 2.05) is 38.1 Å². The van der Waals surface area contributed by atoms with Crippen molar-refractivity contribution in [1.82, 2.24) is 15.0 Å². The highest BCUT2D eigenvalue weighted by atomic mass is 15.0. The minimum absolute atomic E-state index is 0.707. The number of rotatable bonds is 2. The quantitative estimate of drug-likeness (QED) is 0.788. The van der Waals surface area contributed by atoms with E-state index >= 15 is 0 Å². The molecule has 0 fully saturated rings. The van der Waals surface area contributed by atoms with Gasteiger partial charge in [0.05, 0.1) is 0 Å². The van der Waals surface area contributed by atoms with Crippen LogP contribution in [0.15, 0.2) is 24.3 Å². The minimum atomic E-state index is 0.707. The van der Waals surface area contributed by atoms with Crippen molar-refractivity contribution in [2.45, 2.75) is 20.8 Å². The highest BCUT2D eigenvalue weighted by molar-refractivity contribution is 5.68. The maximum absolute atomic E-state index is 4.27. The molecule has 1 heterocycles. The molecule has 0 bridgehead atoms. The zero-order valence-corrected chi connectivity index (χ0v) is 10.3. The Labute approximate surface area is 101 Å². The minimum Gasteiger partial charge on any atom is -0.219 e. The molecule has 2 aromatic rings. The van der Waals surface area contributed by atoms with Gasteiger partial charge in [-0.25, -0.2) is 15.0 Å². The summed E-state index contributed by atoms with van der Waals surface area (Å²) in [6.07, 6.45) is 3.95. The first-order valence-electron chi connectivity index (χ1n) is 5.58. The fraction of sp³-hybridized carbons (Fsp3) is 0.214. The Kier molecular flexibility index (Phi) is 3.28. The summed E-state index contributed by atoms with van der Waals surface area (Å²) in [6.45, 7) is 5.84. The van der Waals surface area contributed by atoms with Gasteiger partial charge in [-0.15, -0.1) is 0 Å². The van der Waals surface area contributed by atoms with Crippen LogP contribution < -0.4 is 0 Å². The van der Waals surface area contributed by atoms with E-state index in [1.54, 1.807) is 0 Å². The van der Waals surface area contributed by atoms with Gasteiger partial charge in [-0.3, -0.25) is 0 Å². The maximum atomic E-state index is 4.27. The van der Waals surface area contributed by atoms with Crippen LogP contribution in [0.2, 0.25) is 0 Å². The molecule has 2 rings (SSSR count). The van der Waals surface area contributed by atoms with Gasteiger partial charge in [-0.05, 0) is 38.0 Å². The Hall–Kier alpha value is -2.03. The van der Waals surface area contributed by atoms with E-state index < -0.39 is 0 Å². The van der Waals surface area contributed by atoms with Crippen LogP contribution in [0, 0.1) is 20.8 Å². The third-order valence-electron chi connectivity index (χ3n) is 2.48. The standard InChI is InChI=1S/C14H15N3/c1-10-6-4-5-7-13(10)8-9-14-16-11(2)15-12(3)17-14/h4-9H,1-3H3/b9-8+. The van der Waals surface area contributed by atoms with Crippen molar-refractivity contribution >= 4 is 12.2 Å². The van der Waals surface area contributed by atoms with E-state index in [4.69, 9.17) is 0 Å². The number of nitrogens with zero attached hydrogens (tertiary/aromatic N) is 3. The zero-order valence-electron chi connectivity index (χ0n) is 10.3. The number of aryl methyl sites for hydroxylation is 3. The fourth-order valence-electron chi connectivity index (χ4n) is 1.65. The molecular weight excluding hydrogens is 210 g/mol. The molecule has 0 unspecified atom stereocenters. The summed E-state index contributed by atoms with van der Waals surface area (Å²) in [5.41, 5.74) is 2.43. The van der Waals surface area contributed by atoms with Gasteiger partial charge in [-0.1, -0.05) is 30.3 Å². The van der Waals surface area contributed by atoms with Gasteiger partial charge < -0.3 is 0 Å². The summed E-state index contributed by atoms with van der Waals surface area (Å²) < 4.78 is 0. The topological polar surface area (TPSA) is 38.7 Å². The van der Waals surface area contributed by atoms with Crippen LogP contribution in [0.1, 0.15) is 28.6 Å². The summed E-state index contributed by atoms with van der Waals surface area (Å²) in [5, 5.41) is 0. The molecule has 0 amide bonds. The predicted octanol–water partition coefficient (Wildman–Crippen LogP) is 2.97. The second-order valence-corrected chi connectivity index (χ2v) is 3.98. The average molecular weight is 225 g/mol. The first kappa shape index (κ1) is 11.5. The monoisotopic (exact) mass is 225 g/mol. The van der Waals surface area contributed by atoms with Crippen molar-refractivity contribution in [2.24, 2.45) is 0 Å². The summed E-state index contributed by atoms with van der Waals surface area (Å²) in [7, 11) is 0. The number of aromatic nitrogens is 3. The number of hydrogen-bond donors (Lipinski definition) is 0. The van der Waals surface area contributed by atoms with E-state index in [0.29, 0.717) is 5.82 Å². The van der Waals surface area contributed by atoms with Crippen molar-refractivity contribution in [3.8, 4) is 0 Å². The van der Waals surface area contributed by atoms with E-state index in [9.17, 15) is 0 Å². The van der Waals surface area contributed by atoms with E-state index in [2.05, 4.69) is 34.0 Å². The molecule has 0 saturated carbocycles. The lowest BCUT2D eigenvalue weighted by atomic mass is 10.1. The Morgan fingerprint density at radius 1 is 0.824 bits per heavy atom. The van der Waals surface area contributed by atoms with Crippen molar-refractivity contribution < 1.29 is 0 Å². The Morgan fingerprint density at radius 3 is 2.12 bits per heavy atom. The molecule has 1 aromatic carbocycles. The molecule has 17 heavy (non-hydrogen) atoms. The van der Waals surface area contributed by atoms with Crippen LogP contribution in [0.3, 0.4) is 0 Å². The SMILES string of the molecule is Cc1nc(C)nc(/C=C/c2ccccc2C)n1. The molecule has 0 radical (unpaired) electrons. The molecular formula is C14H15N3. The van der Waals surface area contributed by atoms with Crippen LogP contribution in [-0.2, 0) is 0 Å². The highest BCUT2D eigenvalue weighted by Gasteiger charge is 1.97. The second-order valence-electron chi connectivity index (χ2n) is 3.98. The molecule has 0 aliphatic carbocycles. The molecule has 0 N–H and O–H groups in total. The first-order valence-corrected chi connectivity index (χ1v) is 5.58. The normalized spacial score (nSPS) is 11.0. The van der Waals surface area contributed by atoms with Gasteiger partial charge in [0.25, 0.3) is 0 Å². The molecule has 86 valence electrons. The summed E-state index contributed by atoms with van der Waals surface area (Å²) in [6, 6.07) is 8.22. The van der Waals surface area contributed by atoms with E-state index in [0.717, 1.165) is 11.6 Å². The number of hydrogen-bond acceptors (Lipinski definition) is 3. The molecule has 3 heteroatoms. The molecule has 0 saturated heterocycles. The molecule has 0 aliphatic heterocycles. The lowest BCUT2D eigenvalue weighted by Crippen LogP contribution is -1.98. The molecule has 0 aliphatic rings. The largest absolute Gasteiger partial charge is 0.219 e. The van der Waals surface area contributed by atoms with Gasteiger partial charge in [0.15, 0.2) is 5.82 Å².